The van der Waals surface area contributed by atoms with Gasteiger partial charge in [-0.05, 0) is 0 Å². The zero-order chi connectivity index (χ0) is 40.2. The van der Waals surface area contributed by atoms with Gasteiger partial charge in [0.15, 0.2) is 25.2 Å². The molecule has 0 saturated carbocycles. The van der Waals surface area contributed by atoms with E-state index in [4.69, 9.17) is 33.2 Å². The monoisotopic (exact) mass is 789 g/mol. The zero-order valence-corrected chi connectivity index (χ0v) is 29.4. The Hall–Kier alpha value is -2.31. The highest BCUT2D eigenvalue weighted by molar-refractivity contribution is 5.74. The molecule has 0 bridgehead atoms. The van der Waals surface area contributed by atoms with E-state index in [1.807, 2.05) is 0 Å². The van der Waals surface area contributed by atoms with Gasteiger partial charge in [0.25, 0.3) is 0 Å². The molecule has 0 aromatic heterocycles. The fourth-order valence-electron chi connectivity index (χ4n) is 6.65. The molecule has 4 heterocycles. The number of carbonyl (C=O) groups excluding carboxylic acids is 3. The Bertz CT molecular complexity index is 1250. The molecule has 24 heteroatoms. The SMILES string of the molecule is CC(=O)N[C@@H]1[C@@H](O[C@@H]2O[C@H](CO)[C@@H](O)[C@H](O)[C@H]2NC(C)=O)[C@@H](O)[C@@H](CO[C@@H]2O[C@H](CO)[C@@H](O[C@@H]3O[C@H](CO)[C@H](O)[C@H](O)[C@H]3O)[C@H](O)[C@H]2NC(C)=O)O[C@@H]1O. The van der Waals surface area contributed by atoms with Crippen molar-refractivity contribution in [2.75, 3.05) is 26.4 Å². The number of hydrogen-bond acceptors (Lipinski definition) is 21. The third-order valence-corrected chi connectivity index (χ3v) is 9.39. The second-order valence-electron chi connectivity index (χ2n) is 13.4. The highest BCUT2D eigenvalue weighted by Crippen LogP contribution is 2.32. The smallest absolute Gasteiger partial charge is 0.217 e. The van der Waals surface area contributed by atoms with Gasteiger partial charge in [-0.1, -0.05) is 0 Å². The number of aliphatic hydroxyl groups is 11. The fourth-order valence-corrected chi connectivity index (χ4v) is 6.65. The summed E-state index contributed by atoms with van der Waals surface area (Å²) >= 11 is 0. The Kier molecular flexibility index (Phi) is 15.8. The second-order valence-corrected chi connectivity index (χ2v) is 13.4. The molecule has 4 aliphatic heterocycles. The summed E-state index contributed by atoms with van der Waals surface area (Å²) in [6.45, 7) is 0.0952. The average molecular weight is 790 g/mol. The summed E-state index contributed by atoms with van der Waals surface area (Å²) in [7, 11) is 0. The summed E-state index contributed by atoms with van der Waals surface area (Å²) in [5, 5.41) is 122. The maximum Gasteiger partial charge on any atom is 0.217 e. The van der Waals surface area contributed by atoms with Gasteiger partial charge in [0.05, 0.1) is 26.4 Å². The van der Waals surface area contributed by atoms with Crippen molar-refractivity contribution < 1.29 is 104 Å². The third kappa shape index (κ3) is 9.97. The van der Waals surface area contributed by atoms with E-state index in [0.717, 1.165) is 20.8 Å². The van der Waals surface area contributed by atoms with Crippen molar-refractivity contribution in [3.8, 4) is 0 Å². The van der Waals surface area contributed by atoms with E-state index in [1.54, 1.807) is 0 Å². The summed E-state index contributed by atoms with van der Waals surface area (Å²) in [5.41, 5.74) is 0. The Morgan fingerprint density at radius 3 is 1.48 bits per heavy atom. The molecule has 4 rings (SSSR count). The van der Waals surface area contributed by atoms with Crippen LogP contribution in [0.15, 0.2) is 0 Å². The predicted molar refractivity (Wildman–Crippen MR) is 169 cm³/mol. The molecule has 0 aliphatic carbocycles. The van der Waals surface area contributed by atoms with E-state index in [2.05, 4.69) is 16.0 Å². The number of rotatable bonds is 13. The van der Waals surface area contributed by atoms with Gasteiger partial charge in [-0.25, -0.2) is 0 Å². The first-order chi connectivity index (χ1) is 25.4. The van der Waals surface area contributed by atoms with E-state index < -0.39 is 167 Å². The van der Waals surface area contributed by atoms with E-state index in [-0.39, 0.29) is 0 Å². The summed E-state index contributed by atoms with van der Waals surface area (Å²) in [5.74, 6) is -2.10. The van der Waals surface area contributed by atoms with Gasteiger partial charge in [0, 0.05) is 20.8 Å². The summed E-state index contributed by atoms with van der Waals surface area (Å²) in [6, 6.07) is -4.52. The molecule has 4 fully saturated rings. The van der Waals surface area contributed by atoms with Crippen molar-refractivity contribution in [2.24, 2.45) is 0 Å². The molecule has 0 aromatic carbocycles. The molecule has 0 unspecified atom stereocenters. The molecule has 0 aromatic rings. The summed E-state index contributed by atoms with van der Waals surface area (Å²) in [4.78, 5) is 36.2. The highest BCUT2D eigenvalue weighted by atomic mass is 16.7. The van der Waals surface area contributed by atoms with Crippen LogP contribution in [0, 0.1) is 0 Å². The molecular formula is C30H51N3O21. The molecule has 4 saturated heterocycles. The van der Waals surface area contributed by atoms with Crippen molar-refractivity contribution in [1.29, 1.82) is 0 Å². The van der Waals surface area contributed by atoms with Crippen LogP contribution in [0.25, 0.3) is 0 Å². The van der Waals surface area contributed by atoms with Gasteiger partial charge in [-0.15, -0.1) is 0 Å². The molecule has 20 atom stereocenters. The van der Waals surface area contributed by atoms with Crippen molar-refractivity contribution in [3.05, 3.63) is 0 Å². The van der Waals surface area contributed by atoms with Gasteiger partial charge < -0.3 is 105 Å². The average Bonchev–Trinajstić information content (AvgIpc) is 3.11. The summed E-state index contributed by atoms with van der Waals surface area (Å²) < 4.78 is 39.6. The lowest BCUT2D eigenvalue weighted by Crippen LogP contribution is -2.70. The molecule has 312 valence electrons. The van der Waals surface area contributed by atoms with Crippen molar-refractivity contribution >= 4 is 17.7 Å². The standard InChI is InChI=1S/C30H51N3O21/c1-8(37)31-15-21(43)18(40)11(4-34)50-29(15)54-26-17(33-10(3)39)27(47)49-14(20(26)42)7-48-28-16(32-9(2)38)22(44)25(13(6-36)52-28)53-30-24(46)23(45)19(41)12(5-35)51-30/h11-30,34-36,40-47H,4-7H2,1-3H3,(H,31,37)(H,32,38)(H,33,39)/t11-,12-,13-,14-,15-,16-,17-,18-,19+,20+,21-,22-,23+,24-,25-,26-,27+,28-,29+,30+/m1/s1. The second kappa shape index (κ2) is 19.2. The summed E-state index contributed by atoms with van der Waals surface area (Å²) in [6.07, 6.45) is -28.7. The van der Waals surface area contributed by atoms with E-state index in [9.17, 15) is 70.6 Å². The minimum absolute atomic E-state index is 0.687. The van der Waals surface area contributed by atoms with Crippen LogP contribution in [0.2, 0.25) is 0 Å². The molecule has 54 heavy (non-hydrogen) atoms. The molecule has 0 spiro atoms. The molecule has 3 amide bonds. The quantitative estimate of drug-likeness (QED) is 0.0823. The number of ether oxygens (including phenoxy) is 7. The molecule has 4 aliphatic rings. The van der Waals surface area contributed by atoms with Gasteiger partial charge >= 0.3 is 0 Å². The highest BCUT2D eigenvalue weighted by Gasteiger charge is 2.54. The third-order valence-electron chi connectivity index (χ3n) is 9.39. The van der Waals surface area contributed by atoms with E-state index in [1.165, 1.54) is 0 Å². The van der Waals surface area contributed by atoms with Crippen molar-refractivity contribution in [1.82, 2.24) is 16.0 Å². The van der Waals surface area contributed by atoms with Gasteiger partial charge in [-0.2, -0.15) is 0 Å². The number of amides is 3. The lowest BCUT2D eigenvalue weighted by Gasteiger charge is -2.48. The van der Waals surface area contributed by atoms with Gasteiger partial charge in [-0.3, -0.25) is 14.4 Å². The van der Waals surface area contributed by atoms with Crippen LogP contribution in [0.3, 0.4) is 0 Å². The van der Waals surface area contributed by atoms with Crippen molar-refractivity contribution in [2.45, 2.75) is 143 Å². The topological polar surface area (TPSA) is 374 Å². The Morgan fingerprint density at radius 1 is 0.481 bits per heavy atom. The van der Waals surface area contributed by atoms with Crippen LogP contribution in [-0.4, -0.2) is 223 Å². The first-order valence-electron chi connectivity index (χ1n) is 17.1. The molecule has 0 radical (unpaired) electrons. The minimum Gasteiger partial charge on any atom is -0.394 e. The predicted octanol–water partition coefficient (Wildman–Crippen LogP) is -9.32. The maximum absolute atomic E-state index is 12.2. The van der Waals surface area contributed by atoms with Crippen LogP contribution >= 0.6 is 0 Å². The lowest BCUT2D eigenvalue weighted by atomic mass is 9.94. The zero-order valence-electron chi connectivity index (χ0n) is 29.4. The Balaban J connectivity index is 1.54. The minimum atomic E-state index is -1.92. The number of hydrogen-bond donors (Lipinski definition) is 14. The number of aliphatic hydroxyl groups excluding tert-OH is 11. The normalized spacial score (nSPS) is 45.7. The van der Waals surface area contributed by atoms with Gasteiger partial charge in [0.2, 0.25) is 17.7 Å². The Labute approximate surface area is 307 Å². The molecule has 14 N–H and O–H groups in total. The number of carbonyl (C=O) groups is 3. The molecule has 24 nitrogen and oxygen atoms in total. The fraction of sp³-hybridized carbons (Fsp3) is 0.900. The van der Waals surface area contributed by atoms with Crippen LogP contribution < -0.4 is 16.0 Å². The lowest BCUT2D eigenvalue weighted by molar-refractivity contribution is -0.353. The number of nitrogens with one attached hydrogen (secondary N) is 3. The van der Waals surface area contributed by atoms with E-state index in [0.29, 0.717) is 0 Å². The maximum atomic E-state index is 12.2. The van der Waals surface area contributed by atoms with Crippen molar-refractivity contribution in [3.63, 3.8) is 0 Å². The molecular weight excluding hydrogens is 738 g/mol. The van der Waals surface area contributed by atoms with Crippen LogP contribution in [0.4, 0.5) is 0 Å². The largest absolute Gasteiger partial charge is 0.394 e. The van der Waals surface area contributed by atoms with E-state index >= 15 is 0 Å². The van der Waals surface area contributed by atoms with Crippen LogP contribution in [-0.2, 0) is 47.5 Å². The van der Waals surface area contributed by atoms with Crippen LogP contribution in [0.5, 0.6) is 0 Å². The van der Waals surface area contributed by atoms with Gasteiger partial charge in [0.1, 0.15) is 97.5 Å². The van der Waals surface area contributed by atoms with Crippen LogP contribution in [0.1, 0.15) is 20.8 Å². The first-order valence-corrected chi connectivity index (χ1v) is 17.1. The first kappa shape index (κ1) is 44.4. The Morgan fingerprint density at radius 2 is 0.944 bits per heavy atom.